The summed E-state index contributed by atoms with van der Waals surface area (Å²) in [6.45, 7) is 0.432. The van der Waals surface area contributed by atoms with Gasteiger partial charge in [-0.15, -0.1) is 0 Å². The molecule has 1 aromatic heterocycles. The Balaban J connectivity index is 2.59. The van der Waals surface area contributed by atoms with Crippen LogP contribution in [-0.2, 0) is 13.6 Å². The number of rotatable bonds is 2. The first-order valence-electron chi connectivity index (χ1n) is 4.33. The predicted molar refractivity (Wildman–Crippen MR) is 56.6 cm³/mol. The minimum Gasteiger partial charge on any atom is -0.349 e. The average molecular weight is 211 g/mol. The van der Waals surface area contributed by atoms with Gasteiger partial charge in [-0.2, -0.15) is 0 Å². The second kappa shape index (κ2) is 3.61. The normalized spacial score (nSPS) is 11.1. The highest BCUT2D eigenvalue weighted by Gasteiger charge is 2.04. The molecule has 14 heavy (non-hydrogen) atoms. The molecule has 3 nitrogen and oxygen atoms in total. The highest BCUT2D eigenvalue weighted by molar-refractivity contribution is 6.35. The molecule has 0 amide bonds. The van der Waals surface area contributed by atoms with Gasteiger partial charge in [-0.25, -0.2) is 5.48 Å². The van der Waals surface area contributed by atoms with Crippen LogP contribution in [-0.4, -0.2) is 9.77 Å². The number of aromatic nitrogens is 1. The van der Waals surface area contributed by atoms with Crippen molar-refractivity contribution in [2.45, 2.75) is 6.54 Å². The third-order valence-corrected chi connectivity index (χ3v) is 2.59. The van der Waals surface area contributed by atoms with Crippen LogP contribution in [0.3, 0.4) is 0 Å². The molecule has 0 atom stereocenters. The largest absolute Gasteiger partial charge is 0.349 e. The number of benzene rings is 1. The van der Waals surface area contributed by atoms with Crippen molar-refractivity contribution in [2.75, 3.05) is 0 Å². The van der Waals surface area contributed by atoms with E-state index < -0.39 is 0 Å². The van der Waals surface area contributed by atoms with Gasteiger partial charge in [0.05, 0.1) is 5.02 Å². The summed E-state index contributed by atoms with van der Waals surface area (Å²) < 4.78 is 1.98. The monoisotopic (exact) mass is 210 g/mol. The van der Waals surface area contributed by atoms with E-state index >= 15 is 0 Å². The Kier molecular flexibility index (Phi) is 2.46. The molecule has 4 heteroatoms. The highest BCUT2D eigenvalue weighted by atomic mass is 35.5. The fourth-order valence-corrected chi connectivity index (χ4v) is 1.89. The van der Waals surface area contributed by atoms with Crippen LogP contribution >= 0.6 is 11.6 Å². The molecule has 2 rings (SSSR count). The van der Waals surface area contributed by atoms with E-state index in [0.29, 0.717) is 6.54 Å². The Morgan fingerprint density at radius 3 is 3.00 bits per heavy atom. The van der Waals surface area contributed by atoms with Crippen LogP contribution in [0.4, 0.5) is 0 Å². The van der Waals surface area contributed by atoms with Crippen molar-refractivity contribution in [3.05, 3.63) is 35.0 Å². The lowest BCUT2D eigenvalue weighted by atomic mass is 10.1. The molecule has 0 saturated heterocycles. The minimum absolute atomic E-state index is 0.432. The lowest BCUT2D eigenvalue weighted by molar-refractivity contribution is 0.161. The predicted octanol–water partition coefficient (Wildman–Crippen LogP) is 2.31. The fourth-order valence-electron chi connectivity index (χ4n) is 1.59. The van der Waals surface area contributed by atoms with Crippen LogP contribution in [0.5, 0.6) is 0 Å². The van der Waals surface area contributed by atoms with E-state index in [2.05, 4.69) is 5.48 Å². The maximum absolute atomic E-state index is 8.58. The van der Waals surface area contributed by atoms with E-state index in [1.165, 1.54) is 0 Å². The van der Waals surface area contributed by atoms with E-state index in [1.54, 1.807) is 0 Å². The second-order valence-corrected chi connectivity index (χ2v) is 3.68. The molecule has 2 N–H and O–H groups in total. The number of halogens is 1. The summed E-state index contributed by atoms with van der Waals surface area (Å²) in [5.41, 5.74) is 4.23. The van der Waals surface area contributed by atoms with Crippen LogP contribution < -0.4 is 5.48 Å². The lowest BCUT2D eigenvalue weighted by Gasteiger charge is -2.00. The smallest absolute Gasteiger partial charge is 0.0661 e. The topological polar surface area (TPSA) is 37.2 Å². The van der Waals surface area contributed by atoms with Crippen molar-refractivity contribution >= 4 is 22.5 Å². The van der Waals surface area contributed by atoms with Gasteiger partial charge < -0.3 is 9.77 Å². The van der Waals surface area contributed by atoms with Crippen molar-refractivity contribution in [1.29, 1.82) is 0 Å². The molecule has 0 unspecified atom stereocenters. The molecule has 0 aliphatic rings. The molecule has 74 valence electrons. The van der Waals surface area contributed by atoms with E-state index in [4.69, 9.17) is 16.8 Å². The average Bonchev–Trinajstić information content (AvgIpc) is 2.43. The van der Waals surface area contributed by atoms with Gasteiger partial charge in [-0.3, -0.25) is 0 Å². The van der Waals surface area contributed by atoms with Gasteiger partial charge in [0.1, 0.15) is 0 Å². The van der Waals surface area contributed by atoms with Gasteiger partial charge in [0.25, 0.3) is 0 Å². The Bertz CT molecular complexity index is 464. The lowest BCUT2D eigenvalue weighted by Crippen LogP contribution is -2.05. The van der Waals surface area contributed by atoms with Gasteiger partial charge in [0, 0.05) is 30.7 Å². The number of nitrogens with one attached hydrogen (secondary N) is 1. The Morgan fingerprint density at radius 2 is 2.29 bits per heavy atom. The summed E-state index contributed by atoms with van der Waals surface area (Å²) in [6.07, 6.45) is 1.88. The molecule has 2 aromatic rings. The number of aryl methyl sites for hydroxylation is 1. The first kappa shape index (κ1) is 9.52. The molecule has 0 saturated carbocycles. The standard InChI is InChI=1S/C10H11ClN2O/c1-13-6-9(11)8-4-7(5-12-14)2-3-10(8)13/h2-4,6,12,14H,5H2,1H3. The van der Waals surface area contributed by atoms with E-state index in [1.807, 2.05) is 36.0 Å². The van der Waals surface area contributed by atoms with Gasteiger partial charge in [0.2, 0.25) is 0 Å². The third-order valence-electron chi connectivity index (χ3n) is 2.29. The van der Waals surface area contributed by atoms with Crippen LogP contribution in [0.2, 0.25) is 5.02 Å². The number of hydroxylamine groups is 1. The number of hydrogen-bond donors (Lipinski definition) is 2. The van der Waals surface area contributed by atoms with E-state index in [-0.39, 0.29) is 0 Å². The summed E-state index contributed by atoms with van der Waals surface area (Å²) in [5.74, 6) is 0. The number of hydrogen-bond acceptors (Lipinski definition) is 2. The summed E-state index contributed by atoms with van der Waals surface area (Å²) >= 11 is 6.05. The maximum atomic E-state index is 8.58. The third kappa shape index (κ3) is 1.50. The summed E-state index contributed by atoms with van der Waals surface area (Å²) in [4.78, 5) is 0. The first-order chi connectivity index (χ1) is 6.72. The van der Waals surface area contributed by atoms with Crippen LogP contribution in [0.15, 0.2) is 24.4 Å². The summed E-state index contributed by atoms with van der Waals surface area (Å²) in [6, 6.07) is 5.93. The van der Waals surface area contributed by atoms with Gasteiger partial charge in [0.15, 0.2) is 0 Å². The quantitative estimate of drug-likeness (QED) is 0.747. The van der Waals surface area contributed by atoms with Crippen molar-refractivity contribution in [1.82, 2.24) is 10.0 Å². The van der Waals surface area contributed by atoms with Gasteiger partial charge in [-0.05, 0) is 17.7 Å². The molecular weight excluding hydrogens is 200 g/mol. The van der Waals surface area contributed by atoms with Crippen LogP contribution in [0.25, 0.3) is 10.9 Å². The van der Waals surface area contributed by atoms with E-state index in [9.17, 15) is 0 Å². The zero-order chi connectivity index (χ0) is 10.1. The molecular formula is C10H11ClN2O. The van der Waals surface area contributed by atoms with Crippen molar-refractivity contribution in [2.24, 2.45) is 7.05 Å². The van der Waals surface area contributed by atoms with Crippen molar-refractivity contribution < 1.29 is 5.21 Å². The molecule has 1 aromatic carbocycles. The Morgan fingerprint density at radius 1 is 1.50 bits per heavy atom. The molecule has 0 radical (unpaired) electrons. The fraction of sp³-hybridized carbons (Fsp3) is 0.200. The Hall–Kier alpha value is -1.03. The zero-order valence-corrected chi connectivity index (χ0v) is 8.54. The number of nitrogens with zero attached hydrogens (tertiary/aromatic N) is 1. The second-order valence-electron chi connectivity index (χ2n) is 3.27. The molecule has 0 fully saturated rings. The SMILES string of the molecule is Cn1cc(Cl)c2cc(CNO)ccc21. The summed E-state index contributed by atoms with van der Waals surface area (Å²) in [7, 11) is 1.96. The minimum atomic E-state index is 0.432. The first-order valence-corrected chi connectivity index (χ1v) is 4.70. The molecule has 0 bridgehead atoms. The highest BCUT2D eigenvalue weighted by Crippen LogP contribution is 2.25. The number of fused-ring (bicyclic) bond motifs is 1. The Labute approximate surface area is 86.9 Å². The van der Waals surface area contributed by atoms with E-state index in [0.717, 1.165) is 21.5 Å². The molecule has 0 aliphatic carbocycles. The summed E-state index contributed by atoms with van der Waals surface area (Å²) in [5, 5.41) is 10.3. The van der Waals surface area contributed by atoms with Crippen LogP contribution in [0.1, 0.15) is 5.56 Å². The van der Waals surface area contributed by atoms with Crippen molar-refractivity contribution in [3.63, 3.8) is 0 Å². The molecule has 0 aliphatic heterocycles. The van der Waals surface area contributed by atoms with Gasteiger partial charge >= 0.3 is 0 Å². The van der Waals surface area contributed by atoms with Crippen LogP contribution in [0, 0.1) is 0 Å². The van der Waals surface area contributed by atoms with Crippen molar-refractivity contribution in [3.8, 4) is 0 Å². The molecule has 0 spiro atoms. The zero-order valence-electron chi connectivity index (χ0n) is 7.79. The van der Waals surface area contributed by atoms with Gasteiger partial charge in [-0.1, -0.05) is 17.7 Å². The maximum Gasteiger partial charge on any atom is 0.0661 e. The molecule has 1 heterocycles.